The van der Waals surface area contributed by atoms with E-state index in [1.807, 2.05) is 44.2 Å². The Bertz CT molecular complexity index is 1070. The highest BCUT2D eigenvalue weighted by molar-refractivity contribution is 7.16. The van der Waals surface area contributed by atoms with Crippen molar-refractivity contribution in [3.63, 3.8) is 0 Å². The number of amides is 1. The van der Waals surface area contributed by atoms with Crippen molar-refractivity contribution in [2.24, 2.45) is 0 Å². The van der Waals surface area contributed by atoms with Gasteiger partial charge in [0.1, 0.15) is 10.7 Å². The van der Waals surface area contributed by atoms with Gasteiger partial charge in [-0.1, -0.05) is 35.6 Å². The summed E-state index contributed by atoms with van der Waals surface area (Å²) in [7, 11) is 0. The summed E-state index contributed by atoms with van der Waals surface area (Å²) in [6, 6.07) is 11.4. The number of benzene rings is 1. The second-order valence-electron chi connectivity index (χ2n) is 5.53. The molecule has 4 rings (SSSR count). The Kier molecular flexibility index (Phi) is 3.50. The van der Waals surface area contributed by atoms with E-state index in [1.54, 1.807) is 10.6 Å². The predicted octanol–water partition coefficient (Wildman–Crippen LogP) is 2.89. The fourth-order valence-corrected chi connectivity index (χ4v) is 3.44. The first kappa shape index (κ1) is 14.8. The van der Waals surface area contributed by atoms with E-state index in [-0.39, 0.29) is 5.91 Å². The lowest BCUT2D eigenvalue weighted by atomic mass is 10.2. The van der Waals surface area contributed by atoms with Gasteiger partial charge < -0.3 is 5.32 Å². The monoisotopic (exact) mass is 337 g/mol. The number of aryl methyl sites for hydroxylation is 2. The van der Waals surface area contributed by atoms with Crippen molar-refractivity contribution < 1.29 is 4.79 Å². The van der Waals surface area contributed by atoms with Gasteiger partial charge in [0.2, 0.25) is 4.96 Å². The fraction of sp³-hybridized carbons (Fsp3) is 0.176. The van der Waals surface area contributed by atoms with Crippen molar-refractivity contribution in [2.75, 3.05) is 0 Å². The first-order valence-corrected chi connectivity index (χ1v) is 8.39. The zero-order valence-corrected chi connectivity index (χ0v) is 14.1. The summed E-state index contributed by atoms with van der Waals surface area (Å²) in [5, 5.41) is 9.30. The van der Waals surface area contributed by atoms with Crippen LogP contribution in [0.5, 0.6) is 0 Å². The van der Waals surface area contributed by atoms with E-state index >= 15 is 0 Å². The molecule has 6 nitrogen and oxygen atoms in total. The van der Waals surface area contributed by atoms with Gasteiger partial charge in [-0.15, -0.1) is 0 Å². The Morgan fingerprint density at radius 1 is 1.17 bits per heavy atom. The van der Waals surface area contributed by atoms with Crippen LogP contribution in [0.1, 0.15) is 26.9 Å². The number of carbonyl (C=O) groups excluding carboxylic acids is 1. The number of pyridine rings is 1. The van der Waals surface area contributed by atoms with Gasteiger partial charge in [-0.3, -0.25) is 4.79 Å². The van der Waals surface area contributed by atoms with Crippen LogP contribution in [0, 0.1) is 13.8 Å². The molecule has 0 unspecified atom stereocenters. The highest BCUT2D eigenvalue weighted by atomic mass is 32.1. The molecule has 0 bridgehead atoms. The molecule has 120 valence electrons. The molecule has 0 aliphatic carbocycles. The van der Waals surface area contributed by atoms with Crippen LogP contribution in [0.4, 0.5) is 0 Å². The summed E-state index contributed by atoms with van der Waals surface area (Å²) in [6.45, 7) is 4.23. The molecule has 1 amide bonds. The smallest absolute Gasteiger partial charge is 0.270 e. The summed E-state index contributed by atoms with van der Waals surface area (Å²) in [5.41, 5.74) is 2.98. The van der Waals surface area contributed by atoms with Crippen LogP contribution < -0.4 is 5.32 Å². The molecule has 0 aliphatic heterocycles. The molecular weight excluding hydrogens is 322 g/mol. The molecule has 0 aliphatic rings. The van der Waals surface area contributed by atoms with Crippen molar-refractivity contribution in [1.82, 2.24) is 24.9 Å². The van der Waals surface area contributed by atoms with Crippen molar-refractivity contribution in [2.45, 2.75) is 20.4 Å². The number of rotatable bonds is 3. The Labute approximate surface area is 142 Å². The van der Waals surface area contributed by atoms with E-state index < -0.39 is 0 Å². The molecule has 3 aromatic heterocycles. The van der Waals surface area contributed by atoms with E-state index in [0.29, 0.717) is 12.2 Å². The minimum absolute atomic E-state index is 0.206. The van der Waals surface area contributed by atoms with Crippen LogP contribution in [-0.2, 0) is 6.54 Å². The maximum Gasteiger partial charge on any atom is 0.270 e. The number of carbonyl (C=O) groups is 1. The summed E-state index contributed by atoms with van der Waals surface area (Å²) in [6.07, 6.45) is 0. The van der Waals surface area contributed by atoms with Crippen molar-refractivity contribution in [3.05, 3.63) is 58.5 Å². The van der Waals surface area contributed by atoms with Gasteiger partial charge in [0, 0.05) is 5.39 Å². The van der Waals surface area contributed by atoms with Crippen LogP contribution in [0.25, 0.3) is 15.9 Å². The molecule has 0 atom stereocenters. The van der Waals surface area contributed by atoms with Crippen molar-refractivity contribution >= 4 is 33.1 Å². The second-order valence-corrected chi connectivity index (χ2v) is 6.69. The van der Waals surface area contributed by atoms with Crippen LogP contribution in [0.2, 0.25) is 0 Å². The van der Waals surface area contributed by atoms with Crippen molar-refractivity contribution in [3.8, 4) is 0 Å². The van der Waals surface area contributed by atoms with Crippen LogP contribution >= 0.6 is 11.3 Å². The molecule has 0 saturated heterocycles. The van der Waals surface area contributed by atoms with Gasteiger partial charge in [-0.05, 0) is 26.0 Å². The third kappa shape index (κ3) is 2.52. The minimum Gasteiger partial charge on any atom is -0.345 e. The number of hydrogen-bond donors (Lipinski definition) is 1. The Morgan fingerprint density at radius 3 is 2.88 bits per heavy atom. The zero-order valence-electron chi connectivity index (χ0n) is 13.3. The molecule has 0 radical (unpaired) electrons. The summed E-state index contributed by atoms with van der Waals surface area (Å²) in [5.74, 6) is -0.206. The molecule has 3 heterocycles. The maximum absolute atomic E-state index is 12.4. The first-order valence-electron chi connectivity index (χ1n) is 7.57. The zero-order chi connectivity index (χ0) is 16.7. The largest absolute Gasteiger partial charge is 0.345 e. The van der Waals surface area contributed by atoms with Gasteiger partial charge in [0.25, 0.3) is 5.91 Å². The number of fused-ring (bicyclic) bond motifs is 2. The highest BCUT2D eigenvalue weighted by Gasteiger charge is 2.14. The number of aromatic nitrogens is 4. The standard InChI is InChI=1S/C17H15N5OS/c1-10-15(22-17(19-10)24-11(2)21-22)9-18-16(23)14-8-7-12-5-3-4-6-13(12)20-14/h3-8H,9H2,1-2H3,(H,18,23). The van der Waals surface area contributed by atoms with Gasteiger partial charge >= 0.3 is 0 Å². The number of nitrogens with one attached hydrogen (secondary N) is 1. The maximum atomic E-state index is 12.4. The molecular formula is C17H15N5OS. The average molecular weight is 337 g/mol. The normalized spacial score (nSPS) is 11.2. The molecule has 0 saturated carbocycles. The molecule has 1 aromatic carbocycles. The second kappa shape index (κ2) is 5.68. The summed E-state index contributed by atoms with van der Waals surface area (Å²) >= 11 is 1.53. The lowest BCUT2D eigenvalue weighted by Gasteiger charge is -2.05. The molecule has 7 heteroatoms. The van der Waals surface area contributed by atoms with Crippen LogP contribution in [0.15, 0.2) is 36.4 Å². The van der Waals surface area contributed by atoms with Crippen LogP contribution in [0.3, 0.4) is 0 Å². The van der Waals surface area contributed by atoms with Gasteiger partial charge in [0.05, 0.1) is 23.4 Å². The number of imidazole rings is 1. The highest BCUT2D eigenvalue weighted by Crippen LogP contribution is 2.18. The Morgan fingerprint density at radius 2 is 2.00 bits per heavy atom. The molecule has 24 heavy (non-hydrogen) atoms. The fourth-order valence-electron chi connectivity index (χ4n) is 2.64. The number of para-hydroxylation sites is 1. The molecule has 4 aromatic rings. The lowest BCUT2D eigenvalue weighted by Crippen LogP contribution is -2.25. The number of hydrogen-bond acceptors (Lipinski definition) is 5. The average Bonchev–Trinajstić information content (AvgIpc) is 3.07. The van der Waals surface area contributed by atoms with Gasteiger partial charge in [-0.25, -0.2) is 14.5 Å². The van der Waals surface area contributed by atoms with Crippen molar-refractivity contribution in [1.29, 1.82) is 0 Å². The third-order valence-corrected chi connectivity index (χ3v) is 4.67. The van der Waals surface area contributed by atoms with E-state index in [1.165, 1.54) is 11.3 Å². The predicted molar refractivity (Wildman–Crippen MR) is 93.3 cm³/mol. The quantitative estimate of drug-likeness (QED) is 0.624. The van der Waals surface area contributed by atoms with E-state index in [2.05, 4.69) is 20.4 Å². The topological polar surface area (TPSA) is 72.2 Å². The van der Waals surface area contributed by atoms with Crippen LogP contribution in [-0.4, -0.2) is 25.5 Å². The first-order chi connectivity index (χ1) is 11.6. The Hall–Kier alpha value is -2.80. The lowest BCUT2D eigenvalue weighted by molar-refractivity contribution is 0.0945. The van der Waals surface area contributed by atoms with E-state index in [4.69, 9.17) is 0 Å². The van der Waals surface area contributed by atoms with Gasteiger partial charge in [0.15, 0.2) is 0 Å². The van der Waals surface area contributed by atoms with Gasteiger partial charge in [-0.2, -0.15) is 5.10 Å². The Balaban J connectivity index is 1.57. The minimum atomic E-state index is -0.206. The number of nitrogens with zero attached hydrogens (tertiary/aromatic N) is 4. The molecule has 0 spiro atoms. The van der Waals surface area contributed by atoms with E-state index in [9.17, 15) is 4.79 Å². The summed E-state index contributed by atoms with van der Waals surface area (Å²) in [4.78, 5) is 22.2. The molecule has 1 N–H and O–H groups in total. The summed E-state index contributed by atoms with van der Waals surface area (Å²) < 4.78 is 1.80. The van der Waals surface area contributed by atoms with E-state index in [0.717, 1.165) is 32.3 Å². The SMILES string of the molecule is Cc1nn2c(CNC(=O)c3ccc4ccccc4n3)c(C)nc2s1. The third-order valence-electron chi connectivity index (χ3n) is 3.85. The molecule has 0 fully saturated rings.